The zero-order valence-corrected chi connectivity index (χ0v) is 17.7. The summed E-state index contributed by atoms with van der Waals surface area (Å²) in [5, 5.41) is 3.42. The summed E-state index contributed by atoms with van der Waals surface area (Å²) in [5.41, 5.74) is 3.34. The van der Waals surface area contributed by atoms with E-state index in [4.69, 9.17) is 9.47 Å². The van der Waals surface area contributed by atoms with E-state index in [-0.39, 0.29) is 17.8 Å². The maximum absolute atomic E-state index is 13.5. The SMILES string of the molecule is CN(c1ccc(NCCCN2CCOCC2)c2c1C(=O)c1ccccc1C2=O)[C@@H]1CO1. The molecule has 5 rings (SSSR count). The van der Waals surface area contributed by atoms with Crippen molar-refractivity contribution in [3.63, 3.8) is 0 Å². The van der Waals surface area contributed by atoms with Crippen molar-refractivity contribution < 1.29 is 19.1 Å². The summed E-state index contributed by atoms with van der Waals surface area (Å²) >= 11 is 0. The van der Waals surface area contributed by atoms with Gasteiger partial charge >= 0.3 is 0 Å². The number of anilines is 2. The summed E-state index contributed by atoms with van der Waals surface area (Å²) in [5.74, 6) is -0.211. The van der Waals surface area contributed by atoms with E-state index in [0.717, 1.165) is 57.2 Å². The minimum Gasteiger partial charge on any atom is -0.384 e. The van der Waals surface area contributed by atoms with E-state index in [1.807, 2.05) is 24.1 Å². The fourth-order valence-corrected chi connectivity index (χ4v) is 4.42. The first-order chi connectivity index (χ1) is 15.1. The van der Waals surface area contributed by atoms with Gasteiger partial charge in [-0.25, -0.2) is 0 Å². The number of hydrogen-bond donors (Lipinski definition) is 1. The molecule has 162 valence electrons. The molecule has 0 unspecified atom stereocenters. The maximum Gasteiger partial charge on any atom is 0.196 e. The van der Waals surface area contributed by atoms with Gasteiger partial charge in [-0.05, 0) is 25.1 Å². The highest BCUT2D eigenvalue weighted by molar-refractivity contribution is 6.32. The number of morpholine rings is 1. The first-order valence-corrected chi connectivity index (χ1v) is 10.9. The Bertz CT molecular complexity index is 1010. The number of benzene rings is 2. The number of carbonyl (C=O) groups excluding carboxylic acids is 2. The molecule has 2 heterocycles. The standard InChI is InChI=1S/C24H27N3O4/c1-26(20-15-31-20)19-8-7-18(25-9-4-10-27-11-13-30-14-12-27)21-22(19)24(29)17-6-3-2-5-16(17)23(21)28/h2-3,5-8,20,25H,4,9-15H2,1H3/t20-/m0/s1. The number of fused-ring (bicyclic) bond motifs is 2. The van der Waals surface area contributed by atoms with Gasteiger partial charge in [0.15, 0.2) is 17.8 Å². The second-order valence-electron chi connectivity index (χ2n) is 8.22. The van der Waals surface area contributed by atoms with Crippen LogP contribution >= 0.6 is 0 Å². The van der Waals surface area contributed by atoms with E-state index < -0.39 is 0 Å². The number of ether oxygens (including phenoxy) is 2. The van der Waals surface area contributed by atoms with Crippen LogP contribution in [0.15, 0.2) is 36.4 Å². The molecule has 2 saturated heterocycles. The normalized spacial score (nSPS) is 20.2. The highest BCUT2D eigenvalue weighted by atomic mass is 16.6. The third kappa shape index (κ3) is 3.84. The molecule has 2 aliphatic heterocycles. The van der Waals surface area contributed by atoms with Crippen LogP contribution in [0.2, 0.25) is 0 Å². The van der Waals surface area contributed by atoms with Crippen molar-refractivity contribution in [2.45, 2.75) is 12.6 Å². The number of hydrogen-bond acceptors (Lipinski definition) is 7. The molecule has 3 aliphatic rings. The predicted molar refractivity (Wildman–Crippen MR) is 118 cm³/mol. The van der Waals surface area contributed by atoms with Crippen molar-refractivity contribution in [3.8, 4) is 0 Å². The van der Waals surface area contributed by atoms with Crippen LogP contribution in [0.4, 0.5) is 11.4 Å². The molecule has 7 nitrogen and oxygen atoms in total. The Morgan fingerprint density at radius 3 is 2.39 bits per heavy atom. The lowest BCUT2D eigenvalue weighted by atomic mass is 9.82. The Morgan fingerprint density at radius 2 is 1.71 bits per heavy atom. The van der Waals surface area contributed by atoms with Crippen molar-refractivity contribution in [1.82, 2.24) is 4.90 Å². The summed E-state index contributed by atoms with van der Waals surface area (Å²) in [6.45, 7) is 5.84. The van der Waals surface area contributed by atoms with Crippen molar-refractivity contribution >= 4 is 22.9 Å². The van der Waals surface area contributed by atoms with E-state index in [1.165, 1.54) is 0 Å². The molecule has 0 aromatic heterocycles. The zero-order chi connectivity index (χ0) is 21.4. The van der Waals surface area contributed by atoms with Gasteiger partial charge < -0.3 is 19.7 Å². The fourth-order valence-electron chi connectivity index (χ4n) is 4.42. The second kappa shape index (κ2) is 8.42. The molecule has 7 heteroatoms. The minimum absolute atomic E-state index is 0.0449. The third-order valence-electron chi connectivity index (χ3n) is 6.25. The molecule has 0 spiro atoms. The number of nitrogens with zero attached hydrogens (tertiary/aromatic N) is 2. The van der Waals surface area contributed by atoms with Gasteiger partial charge in [0.05, 0.1) is 36.6 Å². The Kier molecular flexibility index (Phi) is 5.48. The van der Waals surface area contributed by atoms with Crippen LogP contribution in [0.3, 0.4) is 0 Å². The molecule has 2 fully saturated rings. The van der Waals surface area contributed by atoms with E-state index >= 15 is 0 Å². The quantitative estimate of drug-likeness (QED) is 0.464. The molecule has 1 N–H and O–H groups in total. The lowest BCUT2D eigenvalue weighted by Gasteiger charge is -2.28. The molecule has 0 amide bonds. The molecular formula is C24H27N3O4. The number of nitrogens with one attached hydrogen (secondary N) is 1. The van der Waals surface area contributed by atoms with Crippen molar-refractivity contribution in [2.24, 2.45) is 0 Å². The topological polar surface area (TPSA) is 74.4 Å². The van der Waals surface area contributed by atoms with Gasteiger partial charge in [0, 0.05) is 43.5 Å². The lowest BCUT2D eigenvalue weighted by molar-refractivity contribution is 0.0378. The van der Waals surface area contributed by atoms with Crippen LogP contribution in [0.1, 0.15) is 38.3 Å². The van der Waals surface area contributed by atoms with Crippen LogP contribution in [0.25, 0.3) is 0 Å². The van der Waals surface area contributed by atoms with E-state index in [0.29, 0.717) is 28.9 Å². The number of ketones is 2. The summed E-state index contributed by atoms with van der Waals surface area (Å²) in [4.78, 5) is 31.2. The molecule has 0 saturated carbocycles. The second-order valence-corrected chi connectivity index (χ2v) is 8.22. The lowest BCUT2D eigenvalue weighted by Crippen LogP contribution is -2.37. The van der Waals surface area contributed by atoms with Crippen molar-refractivity contribution in [2.75, 3.05) is 63.3 Å². The molecular weight excluding hydrogens is 394 g/mol. The highest BCUT2D eigenvalue weighted by Crippen LogP contribution is 2.39. The Balaban J connectivity index is 1.43. The monoisotopic (exact) mass is 421 g/mol. The number of epoxide rings is 1. The Labute approximate surface area is 181 Å². The average Bonchev–Trinajstić information content (AvgIpc) is 3.66. The van der Waals surface area contributed by atoms with Crippen LogP contribution < -0.4 is 10.2 Å². The summed E-state index contributed by atoms with van der Waals surface area (Å²) in [6, 6.07) is 10.9. The maximum atomic E-state index is 13.5. The first kappa shape index (κ1) is 20.2. The minimum atomic E-state index is -0.107. The van der Waals surface area contributed by atoms with E-state index in [1.54, 1.807) is 24.3 Å². The highest BCUT2D eigenvalue weighted by Gasteiger charge is 2.37. The molecule has 1 aliphatic carbocycles. The summed E-state index contributed by atoms with van der Waals surface area (Å²) < 4.78 is 10.8. The molecule has 2 aromatic rings. The van der Waals surface area contributed by atoms with Crippen LogP contribution in [-0.4, -0.2) is 75.7 Å². The largest absolute Gasteiger partial charge is 0.384 e. The summed E-state index contributed by atoms with van der Waals surface area (Å²) in [7, 11) is 1.90. The van der Waals surface area contributed by atoms with Crippen LogP contribution in [-0.2, 0) is 9.47 Å². The smallest absolute Gasteiger partial charge is 0.196 e. The van der Waals surface area contributed by atoms with Crippen LogP contribution in [0.5, 0.6) is 0 Å². The van der Waals surface area contributed by atoms with E-state index in [2.05, 4.69) is 10.2 Å². The van der Waals surface area contributed by atoms with E-state index in [9.17, 15) is 9.59 Å². The van der Waals surface area contributed by atoms with Gasteiger partial charge in [-0.2, -0.15) is 0 Å². The Morgan fingerprint density at radius 1 is 1.03 bits per heavy atom. The predicted octanol–water partition coefficient (Wildman–Crippen LogP) is 2.39. The van der Waals surface area contributed by atoms with Gasteiger partial charge in [0.1, 0.15) is 0 Å². The van der Waals surface area contributed by atoms with Gasteiger partial charge in [-0.15, -0.1) is 0 Å². The number of likely N-dealkylation sites (N-methyl/N-ethyl adjacent to an activating group) is 1. The van der Waals surface area contributed by atoms with Gasteiger partial charge in [0.25, 0.3) is 0 Å². The van der Waals surface area contributed by atoms with Crippen molar-refractivity contribution in [1.29, 1.82) is 0 Å². The molecule has 0 bridgehead atoms. The number of rotatable bonds is 7. The summed E-state index contributed by atoms with van der Waals surface area (Å²) in [6.07, 6.45) is 0.905. The van der Waals surface area contributed by atoms with Gasteiger partial charge in [-0.1, -0.05) is 24.3 Å². The number of carbonyl (C=O) groups is 2. The fraction of sp³-hybridized carbons (Fsp3) is 0.417. The van der Waals surface area contributed by atoms with Gasteiger partial charge in [0.2, 0.25) is 0 Å². The van der Waals surface area contributed by atoms with Crippen LogP contribution in [0, 0.1) is 0 Å². The van der Waals surface area contributed by atoms with Gasteiger partial charge in [-0.3, -0.25) is 14.5 Å². The Hall–Kier alpha value is -2.74. The first-order valence-electron chi connectivity index (χ1n) is 10.9. The average molecular weight is 421 g/mol. The van der Waals surface area contributed by atoms with Crippen molar-refractivity contribution in [3.05, 3.63) is 58.7 Å². The molecule has 31 heavy (non-hydrogen) atoms. The molecule has 1 atom stereocenters. The third-order valence-corrected chi connectivity index (χ3v) is 6.25. The molecule has 0 radical (unpaired) electrons. The molecule has 2 aromatic carbocycles. The zero-order valence-electron chi connectivity index (χ0n) is 17.7.